The molecule has 0 bridgehead atoms. The van der Waals surface area contributed by atoms with Crippen LogP contribution in [0.25, 0.3) is 0 Å². The van der Waals surface area contributed by atoms with Crippen molar-refractivity contribution in [1.82, 2.24) is 5.32 Å². The van der Waals surface area contributed by atoms with Crippen LogP contribution in [-0.2, 0) is 15.1 Å². The van der Waals surface area contributed by atoms with Gasteiger partial charge < -0.3 is 16.8 Å². The number of halogens is 1. The van der Waals surface area contributed by atoms with Gasteiger partial charge in [-0.25, -0.2) is 0 Å². The molecule has 0 radical (unpaired) electrons. The fourth-order valence-electron chi connectivity index (χ4n) is 1.41. The molecule has 0 aliphatic rings. The first-order valence-electron chi connectivity index (χ1n) is 5.45. The number of primary amides is 1. The molecule has 0 fully saturated rings. The minimum absolute atomic E-state index is 0.0994. The maximum absolute atomic E-state index is 11.9. The highest BCUT2D eigenvalue weighted by atomic mass is 79.9. The van der Waals surface area contributed by atoms with E-state index >= 15 is 0 Å². The minimum Gasteiger partial charge on any atom is -0.370 e. The highest BCUT2D eigenvalue weighted by molar-refractivity contribution is 9.10. The summed E-state index contributed by atoms with van der Waals surface area (Å²) in [6.07, 6.45) is 0.0994. The Kier molecular flexibility index (Phi) is 4.86. The number of hydrogen-bond donors (Lipinski definition) is 3. The average molecular weight is 314 g/mol. The van der Waals surface area contributed by atoms with E-state index in [0.29, 0.717) is 5.56 Å². The van der Waals surface area contributed by atoms with Gasteiger partial charge in [-0.15, -0.1) is 0 Å². The lowest BCUT2D eigenvalue weighted by molar-refractivity contribution is -0.126. The fraction of sp³-hybridized carbons (Fsp3) is 0.333. The Morgan fingerprint density at radius 3 is 2.39 bits per heavy atom. The molecule has 0 aliphatic heterocycles. The van der Waals surface area contributed by atoms with E-state index in [4.69, 9.17) is 11.5 Å². The standard InChI is InChI=1S/C12H16BrN3O2/c1-12(15,8-2-4-9(13)5-3-8)11(18)16-7-6-10(14)17/h2-5H,6-7,15H2,1H3,(H2,14,17)(H,16,18). The normalized spacial score (nSPS) is 13.7. The van der Waals surface area contributed by atoms with Gasteiger partial charge in [-0.1, -0.05) is 28.1 Å². The molecule has 0 saturated carbocycles. The van der Waals surface area contributed by atoms with Crippen LogP contribution < -0.4 is 16.8 Å². The molecule has 1 unspecified atom stereocenters. The Hall–Kier alpha value is -1.40. The van der Waals surface area contributed by atoms with E-state index in [9.17, 15) is 9.59 Å². The fourth-order valence-corrected chi connectivity index (χ4v) is 1.67. The summed E-state index contributed by atoms with van der Waals surface area (Å²) in [6, 6.07) is 7.18. The molecule has 98 valence electrons. The van der Waals surface area contributed by atoms with Crippen molar-refractivity contribution >= 4 is 27.7 Å². The van der Waals surface area contributed by atoms with Gasteiger partial charge in [0.25, 0.3) is 0 Å². The van der Waals surface area contributed by atoms with Crippen molar-refractivity contribution in [3.05, 3.63) is 34.3 Å². The number of nitrogens with two attached hydrogens (primary N) is 2. The molecule has 1 aromatic rings. The smallest absolute Gasteiger partial charge is 0.244 e. The molecule has 0 spiro atoms. The van der Waals surface area contributed by atoms with Crippen LogP contribution in [0.1, 0.15) is 18.9 Å². The summed E-state index contributed by atoms with van der Waals surface area (Å²) in [4.78, 5) is 22.5. The maximum Gasteiger partial charge on any atom is 0.244 e. The first kappa shape index (κ1) is 14.7. The summed E-state index contributed by atoms with van der Waals surface area (Å²) in [5.74, 6) is -0.802. The molecule has 18 heavy (non-hydrogen) atoms. The van der Waals surface area contributed by atoms with Crippen molar-refractivity contribution in [3.63, 3.8) is 0 Å². The van der Waals surface area contributed by atoms with Crippen LogP contribution in [0.15, 0.2) is 28.7 Å². The summed E-state index contributed by atoms with van der Waals surface area (Å²) in [6.45, 7) is 1.81. The summed E-state index contributed by atoms with van der Waals surface area (Å²) >= 11 is 3.31. The molecule has 6 heteroatoms. The van der Waals surface area contributed by atoms with Crippen molar-refractivity contribution in [2.45, 2.75) is 18.9 Å². The number of rotatable bonds is 5. The molecule has 0 aliphatic carbocycles. The van der Waals surface area contributed by atoms with Crippen LogP contribution in [-0.4, -0.2) is 18.4 Å². The lowest BCUT2D eigenvalue weighted by Crippen LogP contribution is -2.49. The third kappa shape index (κ3) is 3.82. The van der Waals surface area contributed by atoms with E-state index in [1.807, 2.05) is 12.1 Å². The first-order chi connectivity index (χ1) is 8.34. The Balaban J connectivity index is 2.70. The van der Waals surface area contributed by atoms with Crippen LogP contribution in [0.4, 0.5) is 0 Å². The van der Waals surface area contributed by atoms with Gasteiger partial charge in [-0.05, 0) is 24.6 Å². The summed E-state index contributed by atoms with van der Waals surface area (Å²) < 4.78 is 0.913. The topological polar surface area (TPSA) is 98.2 Å². The van der Waals surface area contributed by atoms with Crippen LogP contribution in [0.2, 0.25) is 0 Å². The molecular weight excluding hydrogens is 298 g/mol. The van der Waals surface area contributed by atoms with Crippen LogP contribution >= 0.6 is 15.9 Å². The molecule has 2 amide bonds. The first-order valence-corrected chi connectivity index (χ1v) is 6.25. The predicted octanol–water partition coefficient (Wildman–Crippen LogP) is 0.615. The van der Waals surface area contributed by atoms with Crippen LogP contribution in [0, 0.1) is 0 Å². The Bertz CT molecular complexity index is 443. The summed E-state index contributed by atoms with van der Waals surface area (Å²) in [7, 11) is 0. The Morgan fingerprint density at radius 1 is 1.33 bits per heavy atom. The van der Waals surface area contributed by atoms with E-state index in [2.05, 4.69) is 21.2 Å². The number of benzene rings is 1. The molecule has 5 N–H and O–H groups in total. The van der Waals surface area contributed by atoms with Crippen molar-refractivity contribution in [2.75, 3.05) is 6.54 Å². The molecule has 0 heterocycles. The largest absolute Gasteiger partial charge is 0.370 e. The van der Waals surface area contributed by atoms with E-state index in [1.165, 1.54) is 0 Å². The van der Waals surface area contributed by atoms with Gasteiger partial charge in [0.15, 0.2) is 0 Å². The lowest BCUT2D eigenvalue weighted by atomic mass is 9.92. The third-order valence-electron chi connectivity index (χ3n) is 2.57. The highest BCUT2D eigenvalue weighted by Gasteiger charge is 2.30. The molecule has 1 aromatic carbocycles. The number of hydrogen-bond acceptors (Lipinski definition) is 3. The SMILES string of the molecule is CC(N)(C(=O)NCCC(N)=O)c1ccc(Br)cc1. The molecular formula is C12H16BrN3O2. The Morgan fingerprint density at radius 2 is 1.89 bits per heavy atom. The molecule has 0 aromatic heterocycles. The second kappa shape index (κ2) is 5.97. The van der Waals surface area contributed by atoms with Gasteiger partial charge in [0, 0.05) is 17.4 Å². The summed E-state index contributed by atoms with van der Waals surface area (Å²) in [5.41, 5.74) is 10.5. The molecule has 1 rings (SSSR count). The van der Waals surface area contributed by atoms with Crippen LogP contribution in [0.3, 0.4) is 0 Å². The zero-order valence-corrected chi connectivity index (χ0v) is 11.7. The van der Waals surface area contributed by atoms with Crippen molar-refractivity contribution in [3.8, 4) is 0 Å². The number of carbonyl (C=O) groups excluding carboxylic acids is 2. The number of amides is 2. The molecule has 5 nitrogen and oxygen atoms in total. The van der Waals surface area contributed by atoms with E-state index < -0.39 is 11.4 Å². The van der Waals surface area contributed by atoms with Gasteiger partial charge in [-0.3, -0.25) is 9.59 Å². The van der Waals surface area contributed by atoms with Gasteiger partial charge in [0.1, 0.15) is 5.54 Å². The van der Waals surface area contributed by atoms with Gasteiger partial charge in [0.2, 0.25) is 11.8 Å². The lowest BCUT2D eigenvalue weighted by Gasteiger charge is -2.24. The second-order valence-corrected chi connectivity index (χ2v) is 5.10. The van der Waals surface area contributed by atoms with Gasteiger partial charge in [0.05, 0.1) is 0 Å². The number of carbonyl (C=O) groups is 2. The highest BCUT2D eigenvalue weighted by Crippen LogP contribution is 2.20. The summed E-state index contributed by atoms with van der Waals surface area (Å²) in [5, 5.41) is 2.59. The second-order valence-electron chi connectivity index (χ2n) is 4.18. The van der Waals surface area contributed by atoms with Crippen molar-refractivity contribution in [1.29, 1.82) is 0 Å². The van der Waals surface area contributed by atoms with Gasteiger partial charge in [-0.2, -0.15) is 0 Å². The molecule has 0 saturated heterocycles. The van der Waals surface area contributed by atoms with E-state index in [-0.39, 0.29) is 18.9 Å². The average Bonchev–Trinajstić information content (AvgIpc) is 2.28. The van der Waals surface area contributed by atoms with E-state index in [0.717, 1.165) is 4.47 Å². The van der Waals surface area contributed by atoms with Gasteiger partial charge >= 0.3 is 0 Å². The number of nitrogens with one attached hydrogen (secondary N) is 1. The van der Waals surface area contributed by atoms with E-state index in [1.54, 1.807) is 19.1 Å². The maximum atomic E-state index is 11.9. The predicted molar refractivity (Wildman–Crippen MR) is 72.5 cm³/mol. The van der Waals surface area contributed by atoms with Crippen molar-refractivity contribution in [2.24, 2.45) is 11.5 Å². The third-order valence-corrected chi connectivity index (χ3v) is 3.10. The zero-order valence-electron chi connectivity index (χ0n) is 10.1. The minimum atomic E-state index is -1.14. The zero-order chi connectivity index (χ0) is 13.8. The quantitative estimate of drug-likeness (QED) is 0.743. The molecule has 1 atom stereocenters. The Labute approximate surface area is 114 Å². The van der Waals surface area contributed by atoms with Crippen LogP contribution in [0.5, 0.6) is 0 Å². The monoisotopic (exact) mass is 313 g/mol. The van der Waals surface area contributed by atoms with Crippen molar-refractivity contribution < 1.29 is 9.59 Å².